The minimum atomic E-state index is -3.76. The van der Waals surface area contributed by atoms with Crippen LogP contribution in [0.3, 0.4) is 0 Å². The normalized spacial score (nSPS) is 15.6. The van der Waals surface area contributed by atoms with Crippen LogP contribution in [0.5, 0.6) is 0 Å². The lowest BCUT2D eigenvalue weighted by atomic mass is 10.3. The number of nitrogen functional groups attached to an aromatic ring is 1. The van der Waals surface area contributed by atoms with Crippen LogP contribution in [-0.2, 0) is 25.1 Å². The van der Waals surface area contributed by atoms with Crippen LogP contribution in [-0.4, -0.2) is 57.2 Å². The summed E-state index contributed by atoms with van der Waals surface area (Å²) in [4.78, 5) is 21.7. The Morgan fingerprint density at radius 2 is 2.22 bits per heavy atom. The number of methoxy groups -OCH3 is 1. The van der Waals surface area contributed by atoms with Gasteiger partial charge >= 0.3 is 7.60 Å². The Hall–Kier alpha value is -1.58. The zero-order chi connectivity index (χ0) is 16.9. The van der Waals surface area contributed by atoms with Crippen molar-refractivity contribution in [3.63, 3.8) is 0 Å². The maximum Gasteiger partial charge on any atom is 0.353 e. The first-order valence-electron chi connectivity index (χ1n) is 6.95. The lowest BCUT2D eigenvalue weighted by molar-refractivity contribution is 0.00271. The fourth-order valence-corrected chi connectivity index (χ4v) is 2.91. The van der Waals surface area contributed by atoms with Gasteiger partial charge in [-0.05, 0) is 6.92 Å². The van der Waals surface area contributed by atoms with E-state index in [9.17, 15) is 9.46 Å². The van der Waals surface area contributed by atoms with Gasteiger partial charge in [-0.1, -0.05) is 0 Å². The highest BCUT2D eigenvalue weighted by molar-refractivity contribution is 7.52. The zero-order valence-corrected chi connectivity index (χ0v) is 13.8. The van der Waals surface area contributed by atoms with Crippen molar-refractivity contribution in [2.45, 2.75) is 19.6 Å². The topological polar surface area (TPSA) is 135 Å². The van der Waals surface area contributed by atoms with E-state index >= 15 is 0 Å². The molecule has 0 fully saturated rings. The van der Waals surface area contributed by atoms with Crippen LogP contribution >= 0.6 is 7.60 Å². The number of hydrogen-bond donors (Lipinski definition) is 2. The zero-order valence-electron chi connectivity index (χ0n) is 13.0. The van der Waals surface area contributed by atoms with Gasteiger partial charge < -0.3 is 29.2 Å². The summed E-state index contributed by atoms with van der Waals surface area (Å²) in [5.74, 6) is 0.286. The number of rotatable bonds is 9. The summed E-state index contributed by atoms with van der Waals surface area (Å²) in [5.41, 5.74) is 6.79. The monoisotopic (exact) mass is 345 g/mol. The highest BCUT2D eigenvalue weighted by atomic mass is 31.2. The molecule has 11 heteroatoms. The van der Waals surface area contributed by atoms with Gasteiger partial charge in [-0.15, -0.1) is 0 Å². The van der Waals surface area contributed by atoms with Gasteiger partial charge in [-0.3, -0.25) is 4.57 Å². The largest absolute Gasteiger partial charge is 0.382 e. The van der Waals surface area contributed by atoms with E-state index in [0.29, 0.717) is 17.7 Å². The first-order chi connectivity index (χ1) is 11.0. The van der Waals surface area contributed by atoms with E-state index in [1.807, 2.05) is 0 Å². The molecule has 3 N–H and O–H groups in total. The molecule has 2 heterocycles. The van der Waals surface area contributed by atoms with Gasteiger partial charge in [-0.25, -0.2) is 15.0 Å². The van der Waals surface area contributed by atoms with Gasteiger partial charge in [0.25, 0.3) is 0 Å². The molecule has 2 aromatic heterocycles. The molecule has 2 atom stereocenters. The van der Waals surface area contributed by atoms with Crippen molar-refractivity contribution in [3.05, 3.63) is 12.7 Å². The minimum absolute atomic E-state index is 0.133. The predicted molar refractivity (Wildman–Crippen MR) is 82.8 cm³/mol. The number of anilines is 1. The molecule has 0 aromatic carbocycles. The molecule has 0 radical (unpaired) electrons. The molecule has 0 saturated carbocycles. The second-order valence-corrected chi connectivity index (χ2v) is 6.55. The van der Waals surface area contributed by atoms with Crippen molar-refractivity contribution in [3.8, 4) is 0 Å². The summed E-state index contributed by atoms with van der Waals surface area (Å²) >= 11 is 0. The summed E-state index contributed by atoms with van der Waals surface area (Å²) in [6.45, 7) is 2.32. The van der Waals surface area contributed by atoms with E-state index in [4.69, 9.17) is 19.7 Å². The predicted octanol–water partition coefficient (Wildman–Crippen LogP) is 0.619. The maximum atomic E-state index is 11.7. The molecule has 0 saturated heterocycles. The molecule has 128 valence electrons. The summed E-state index contributed by atoms with van der Waals surface area (Å²) in [6.07, 6.45) is 2.01. The average Bonchev–Trinajstić information content (AvgIpc) is 2.90. The standard InChI is InChI=1S/C12H20N5O5P/c1-3-22-23(18,19)8-21-9(5-20-2)4-17-7-16-10-11(13)14-6-15-12(10)17/h6-7,9H,3-5,8H2,1-2H3,(H,18,19)(H2,13,14,15). The van der Waals surface area contributed by atoms with Crippen molar-refractivity contribution in [1.82, 2.24) is 19.5 Å². The molecular weight excluding hydrogens is 325 g/mol. The van der Waals surface area contributed by atoms with E-state index in [0.717, 1.165) is 0 Å². The van der Waals surface area contributed by atoms with Crippen molar-refractivity contribution < 1.29 is 23.5 Å². The Morgan fingerprint density at radius 3 is 2.91 bits per heavy atom. The molecule has 0 aliphatic heterocycles. The molecule has 2 aromatic rings. The molecule has 0 spiro atoms. The molecule has 0 bridgehead atoms. The Bertz CT molecular complexity index is 694. The second kappa shape index (κ2) is 7.80. The van der Waals surface area contributed by atoms with E-state index in [-0.39, 0.29) is 19.0 Å². The molecule has 0 aliphatic rings. The highest BCUT2D eigenvalue weighted by Crippen LogP contribution is 2.41. The minimum Gasteiger partial charge on any atom is -0.382 e. The number of aromatic nitrogens is 4. The molecule has 2 rings (SSSR count). The van der Waals surface area contributed by atoms with Crippen LogP contribution in [0.1, 0.15) is 6.92 Å². The second-order valence-electron chi connectivity index (χ2n) is 4.76. The number of fused-ring (bicyclic) bond motifs is 1. The third-order valence-electron chi connectivity index (χ3n) is 2.99. The van der Waals surface area contributed by atoms with Gasteiger partial charge in [-0.2, -0.15) is 0 Å². The van der Waals surface area contributed by atoms with E-state index in [2.05, 4.69) is 15.0 Å². The fourth-order valence-electron chi connectivity index (χ4n) is 2.03. The number of hydrogen-bond acceptors (Lipinski definition) is 8. The van der Waals surface area contributed by atoms with Crippen molar-refractivity contribution >= 4 is 24.6 Å². The molecular formula is C12H20N5O5P. The van der Waals surface area contributed by atoms with E-state index in [1.165, 1.54) is 13.4 Å². The molecule has 10 nitrogen and oxygen atoms in total. The van der Waals surface area contributed by atoms with Gasteiger partial charge in [0.05, 0.1) is 32.2 Å². The Balaban J connectivity index is 2.09. The average molecular weight is 345 g/mol. The smallest absolute Gasteiger partial charge is 0.353 e. The van der Waals surface area contributed by atoms with Crippen molar-refractivity contribution in [2.75, 3.05) is 32.4 Å². The third-order valence-corrected chi connectivity index (χ3v) is 4.12. The van der Waals surface area contributed by atoms with Crippen LogP contribution < -0.4 is 5.73 Å². The Labute approximate surface area is 133 Å². The Kier molecular flexibility index (Phi) is 6.03. The van der Waals surface area contributed by atoms with E-state index in [1.54, 1.807) is 17.8 Å². The fraction of sp³-hybridized carbons (Fsp3) is 0.583. The molecule has 0 aliphatic carbocycles. The summed E-state index contributed by atoms with van der Waals surface area (Å²) in [6, 6.07) is 0. The summed E-state index contributed by atoms with van der Waals surface area (Å²) in [5, 5.41) is 0. The number of imidazole rings is 1. The van der Waals surface area contributed by atoms with Gasteiger partial charge in [0, 0.05) is 7.11 Å². The summed E-state index contributed by atoms with van der Waals surface area (Å²) in [7, 11) is -2.25. The lowest BCUT2D eigenvalue weighted by Gasteiger charge is -2.19. The molecule has 0 amide bonds. The lowest BCUT2D eigenvalue weighted by Crippen LogP contribution is -2.25. The van der Waals surface area contributed by atoms with Crippen molar-refractivity contribution in [1.29, 1.82) is 0 Å². The molecule has 2 unspecified atom stereocenters. The number of nitrogens with zero attached hydrogens (tertiary/aromatic N) is 4. The number of nitrogens with two attached hydrogens (primary N) is 1. The molecule has 23 heavy (non-hydrogen) atoms. The maximum absolute atomic E-state index is 11.7. The van der Waals surface area contributed by atoms with Crippen LogP contribution in [0.25, 0.3) is 11.2 Å². The highest BCUT2D eigenvalue weighted by Gasteiger charge is 2.22. The van der Waals surface area contributed by atoms with Gasteiger partial charge in [0.2, 0.25) is 0 Å². The van der Waals surface area contributed by atoms with Crippen LogP contribution in [0, 0.1) is 0 Å². The third kappa shape index (κ3) is 4.69. The Morgan fingerprint density at radius 1 is 1.43 bits per heavy atom. The van der Waals surface area contributed by atoms with Gasteiger partial charge in [0.1, 0.15) is 18.2 Å². The first-order valence-corrected chi connectivity index (χ1v) is 8.71. The quantitative estimate of drug-likeness (QED) is 0.627. The first kappa shape index (κ1) is 17.8. The van der Waals surface area contributed by atoms with Gasteiger partial charge in [0.15, 0.2) is 11.5 Å². The van der Waals surface area contributed by atoms with E-state index < -0.39 is 20.0 Å². The SMILES string of the molecule is CCOP(=O)(O)COC(COC)Cn1cnc2c(N)ncnc21. The van der Waals surface area contributed by atoms with Crippen molar-refractivity contribution in [2.24, 2.45) is 0 Å². The van der Waals surface area contributed by atoms with Crippen LogP contribution in [0.4, 0.5) is 5.82 Å². The van der Waals surface area contributed by atoms with Crippen LogP contribution in [0.15, 0.2) is 12.7 Å². The summed E-state index contributed by atoms with van der Waals surface area (Å²) < 4.78 is 28.7. The number of ether oxygens (including phenoxy) is 2. The van der Waals surface area contributed by atoms with Crippen LogP contribution in [0.2, 0.25) is 0 Å².